The lowest BCUT2D eigenvalue weighted by Crippen LogP contribution is -2.28. The average molecular weight is 226 g/mol. The highest BCUT2D eigenvalue weighted by atomic mass is 14.9. The molecule has 0 bridgehead atoms. The van der Waals surface area contributed by atoms with Crippen LogP contribution in [0.3, 0.4) is 0 Å². The molecule has 4 rings (SSSR count). The summed E-state index contributed by atoms with van der Waals surface area (Å²) in [5.74, 6) is 0. The zero-order valence-corrected chi connectivity index (χ0v) is 10.3. The van der Waals surface area contributed by atoms with E-state index >= 15 is 0 Å². The summed E-state index contributed by atoms with van der Waals surface area (Å²) >= 11 is 0. The van der Waals surface area contributed by atoms with Crippen LogP contribution in [-0.4, -0.2) is 18.8 Å². The van der Waals surface area contributed by atoms with E-state index < -0.39 is 0 Å². The van der Waals surface area contributed by atoms with Crippen LogP contribution in [0.1, 0.15) is 39.0 Å². The van der Waals surface area contributed by atoms with Gasteiger partial charge in [-0.2, -0.15) is 0 Å². The topological polar surface area (TPSA) is 24.4 Å². The number of hydrogen-bond donors (Lipinski definition) is 1. The summed E-state index contributed by atoms with van der Waals surface area (Å²) < 4.78 is 0. The van der Waals surface area contributed by atoms with Crippen LogP contribution < -0.4 is 5.32 Å². The van der Waals surface area contributed by atoms with Gasteiger partial charge in [0, 0.05) is 30.9 Å². The summed E-state index contributed by atoms with van der Waals surface area (Å²) in [6.45, 7) is 3.27. The van der Waals surface area contributed by atoms with E-state index in [0.29, 0.717) is 6.04 Å². The Kier molecular flexibility index (Phi) is 1.98. The number of rotatable bonds is 0. The molecule has 0 saturated heterocycles. The van der Waals surface area contributed by atoms with Crippen molar-refractivity contribution in [1.29, 1.82) is 0 Å². The monoisotopic (exact) mass is 226 g/mol. The maximum Gasteiger partial charge on any atom is 0.0407 e. The lowest BCUT2D eigenvalue weighted by atomic mass is 9.74. The second-order valence-corrected chi connectivity index (χ2v) is 5.56. The van der Waals surface area contributed by atoms with Gasteiger partial charge in [0.05, 0.1) is 0 Å². The van der Waals surface area contributed by atoms with E-state index in [1.807, 2.05) is 0 Å². The standard InChI is InChI=1S/C15H18N2/c1-9-13-7-10-8-17-14-4-2-3-12(15(10)14)11(13)5-6-16-9/h6,14,17H,2-5,7-8H2,1H3. The van der Waals surface area contributed by atoms with Gasteiger partial charge in [0.1, 0.15) is 0 Å². The Morgan fingerprint density at radius 3 is 3.18 bits per heavy atom. The normalized spacial score (nSPS) is 31.0. The van der Waals surface area contributed by atoms with Crippen LogP contribution in [0.15, 0.2) is 38.6 Å². The lowest BCUT2D eigenvalue weighted by molar-refractivity contribution is 0.538. The van der Waals surface area contributed by atoms with E-state index in [9.17, 15) is 0 Å². The van der Waals surface area contributed by atoms with Crippen molar-refractivity contribution in [2.45, 2.75) is 45.1 Å². The molecule has 2 aliphatic carbocycles. The molecule has 1 N–H and O–H groups in total. The zero-order chi connectivity index (χ0) is 11.4. The molecule has 1 atom stereocenters. The molecule has 0 amide bonds. The third-order valence-corrected chi connectivity index (χ3v) is 4.67. The van der Waals surface area contributed by atoms with Crippen LogP contribution in [0.5, 0.6) is 0 Å². The molecule has 2 heterocycles. The fraction of sp³-hybridized carbons (Fsp3) is 0.533. The van der Waals surface area contributed by atoms with Crippen molar-refractivity contribution in [2.24, 2.45) is 4.99 Å². The number of fused-ring (bicyclic) bond motifs is 1. The third-order valence-electron chi connectivity index (χ3n) is 4.67. The molecule has 1 saturated carbocycles. The summed E-state index contributed by atoms with van der Waals surface area (Å²) in [6, 6.07) is 0.668. The van der Waals surface area contributed by atoms with Gasteiger partial charge in [-0.3, -0.25) is 4.99 Å². The fourth-order valence-corrected chi connectivity index (χ4v) is 3.90. The minimum Gasteiger partial charge on any atom is -0.306 e. The van der Waals surface area contributed by atoms with Gasteiger partial charge in [-0.25, -0.2) is 0 Å². The molecule has 88 valence electrons. The molecule has 2 aliphatic heterocycles. The van der Waals surface area contributed by atoms with Crippen molar-refractivity contribution in [3.63, 3.8) is 0 Å². The molecule has 0 aromatic carbocycles. The smallest absolute Gasteiger partial charge is 0.0407 e. The third kappa shape index (κ3) is 1.28. The summed E-state index contributed by atoms with van der Waals surface area (Å²) in [5.41, 5.74) is 9.42. The van der Waals surface area contributed by atoms with Crippen LogP contribution in [-0.2, 0) is 0 Å². The van der Waals surface area contributed by atoms with E-state index in [2.05, 4.69) is 23.4 Å². The van der Waals surface area contributed by atoms with E-state index in [1.54, 1.807) is 22.3 Å². The van der Waals surface area contributed by atoms with Gasteiger partial charge in [0.2, 0.25) is 0 Å². The molecule has 2 heteroatoms. The van der Waals surface area contributed by atoms with Crippen LogP contribution in [0, 0.1) is 0 Å². The first kappa shape index (κ1) is 9.84. The van der Waals surface area contributed by atoms with E-state index in [-0.39, 0.29) is 0 Å². The van der Waals surface area contributed by atoms with Crippen molar-refractivity contribution >= 4 is 6.21 Å². The predicted molar refractivity (Wildman–Crippen MR) is 70.1 cm³/mol. The first-order valence-corrected chi connectivity index (χ1v) is 6.75. The number of nitrogens with zero attached hydrogens (tertiary/aromatic N) is 1. The fourth-order valence-electron chi connectivity index (χ4n) is 3.90. The van der Waals surface area contributed by atoms with Crippen LogP contribution in [0.2, 0.25) is 0 Å². The number of nitrogens with one attached hydrogen (secondary N) is 1. The molecule has 0 aromatic heterocycles. The Labute approximate surface area is 102 Å². The Hall–Kier alpha value is -1.15. The van der Waals surface area contributed by atoms with Crippen molar-refractivity contribution in [3.05, 3.63) is 33.6 Å². The minimum atomic E-state index is 0.668. The summed E-state index contributed by atoms with van der Waals surface area (Å²) in [7, 11) is 0. The van der Waals surface area contributed by atoms with Crippen LogP contribution in [0.25, 0.3) is 0 Å². The average Bonchev–Trinajstić information content (AvgIpc) is 2.76. The van der Waals surface area contributed by atoms with Crippen molar-refractivity contribution in [2.75, 3.05) is 6.54 Å². The van der Waals surface area contributed by atoms with Crippen LogP contribution in [0.4, 0.5) is 0 Å². The second kappa shape index (κ2) is 3.42. The van der Waals surface area contributed by atoms with Crippen molar-refractivity contribution in [1.82, 2.24) is 5.32 Å². The van der Waals surface area contributed by atoms with Gasteiger partial charge < -0.3 is 5.32 Å². The molecule has 0 aromatic rings. The highest BCUT2D eigenvalue weighted by Gasteiger charge is 2.36. The van der Waals surface area contributed by atoms with Crippen molar-refractivity contribution < 1.29 is 0 Å². The molecule has 0 radical (unpaired) electrons. The van der Waals surface area contributed by atoms with E-state index in [4.69, 9.17) is 0 Å². The number of aliphatic imine (C=N–C) groups is 1. The van der Waals surface area contributed by atoms with E-state index in [1.165, 1.54) is 30.5 Å². The van der Waals surface area contributed by atoms with Crippen LogP contribution >= 0.6 is 0 Å². The zero-order valence-electron chi connectivity index (χ0n) is 10.3. The maximum atomic E-state index is 4.51. The Morgan fingerprint density at radius 2 is 2.24 bits per heavy atom. The Bertz CT molecular complexity index is 517. The Morgan fingerprint density at radius 1 is 1.29 bits per heavy atom. The highest BCUT2D eigenvalue weighted by molar-refractivity contribution is 5.73. The maximum absolute atomic E-state index is 4.51. The first-order valence-electron chi connectivity index (χ1n) is 6.75. The van der Waals surface area contributed by atoms with Gasteiger partial charge in [-0.1, -0.05) is 0 Å². The predicted octanol–water partition coefficient (Wildman–Crippen LogP) is 2.89. The molecule has 1 unspecified atom stereocenters. The number of allylic oxidation sites excluding steroid dienone is 3. The summed E-state index contributed by atoms with van der Waals surface area (Å²) in [6.07, 6.45) is 8.28. The molecular weight excluding hydrogens is 208 g/mol. The van der Waals surface area contributed by atoms with E-state index in [0.717, 1.165) is 19.4 Å². The van der Waals surface area contributed by atoms with Crippen molar-refractivity contribution in [3.8, 4) is 0 Å². The summed E-state index contributed by atoms with van der Waals surface area (Å²) in [5, 5.41) is 3.68. The molecule has 4 aliphatic rings. The quantitative estimate of drug-likeness (QED) is 0.675. The lowest BCUT2D eigenvalue weighted by Gasteiger charge is -2.32. The first-order chi connectivity index (χ1) is 8.34. The van der Waals surface area contributed by atoms with Gasteiger partial charge in [-0.05, 0) is 60.5 Å². The summed E-state index contributed by atoms with van der Waals surface area (Å²) in [4.78, 5) is 4.51. The van der Waals surface area contributed by atoms with Gasteiger partial charge in [0.25, 0.3) is 0 Å². The largest absolute Gasteiger partial charge is 0.306 e. The molecular formula is C15H18N2. The second-order valence-electron chi connectivity index (χ2n) is 5.56. The Balaban J connectivity index is 1.92. The molecule has 1 fully saturated rings. The highest BCUT2D eigenvalue weighted by Crippen LogP contribution is 2.46. The minimum absolute atomic E-state index is 0.668. The molecule has 2 nitrogen and oxygen atoms in total. The van der Waals surface area contributed by atoms with Gasteiger partial charge >= 0.3 is 0 Å². The number of hydrogen-bond acceptors (Lipinski definition) is 2. The SMILES string of the molecule is CC1=C2CC3=C4C(=C2CC=N1)CCCC4NC3. The molecule has 0 spiro atoms. The van der Waals surface area contributed by atoms with Gasteiger partial charge in [-0.15, -0.1) is 0 Å². The molecule has 17 heavy (non-hydrogen) atoms. The van der Waals surface area contributed by atoms with Gasteiger partial charge in [0.15, 0.2) is 0 Å².